The second-order valence-electron chi connectivity index (χ2n) is 4.22. The zero-order chi connectivity index (χ0) is 11.1. The molecule has 1 rings (SSSR count). The molecular formula is C12H20N2S. The van der Waals surface area contributed by atoms with Gasteiger partial charge in [-0.25, -0.2) is 0 Å². The van der Waals surface area contributed by atoms with E-state index in [2.05, 4.69) is 30.2 Å². The summed E-state index contributed by atoms with van der Waals surface area (Å²) in [6.45, 7) is 5.65. The summed E-state index contributed by atoms with van der Waals surface area (Å²) in [5.41, 5.74) is 1.17. The van der Waals surface area contributed by atoms with Crippen LogP contribution in [0.15, 0.2) is 24.4 Å². The van der Waals surface area contributed by atoms with Gasteiger partial charge in [0, 0.05) is 16.7 Å². The highest BCUT2D eigenvalue weighted by Crippen LogP contribution is 2.30. The maximum absolute atomic E-state index is 4.33. The van der Waals surface area contributed by atoms with Crippen molar-refractivity contribution in [2.75, 3.05) is 13.6 Å². The lowest BCUT2D eigenvalue weighted by Gasteiger charge is -2.23. The predicted molar refractivity (Wildman–Crippen MR) is 68.2 cm³/mol. The number of pyridine rings is 1. The monoisotopic (exact) mass is 224 g/mol. The van der Waals surface area contributed by atoms with Gasteiger partial charge in [-0.1, -0.05) is 19.9 Å². The van der Waals surface area contributed by atoms with Crippen molar-refractivity contribution < 1.29 is 0 Å². The van der Waals surface area contributed by atoms with E-state index in [1.165, 1.54) is 12.1 Å². The summed E-state index contributed by atoms with van der Waals surface area (Å²) in [7, 11) is 2.00. The molecule has 0 radical (unpaired) electrons. The number of aromatic nitrogens is 1. The Morgan fingerprint density at radius 1 is 1.40 bits per heavy atom. The third-order valence-corrected chi connectivity index (χ3v) is 3.74. The van der Waals surface area contributed by atoms with E-state index in [0.717, 1.165) is 12.3 Å². The van der Waals surface area contributed by atoms with Crippen molar-refractivity contribution in [1.82, 2.24) is 10.3 Å². The summed E-state index contributed by atoms with van der Waals surface area (Å²) < 4.78 is 0.320. The average Bonchev–Trinajstić information content (AvgIpc) is 2.25. The zero-order valence-electron chi connectivity index (χ0n) is 9.79. The normalized spacial score (nSPS) is 11.7. The zero-order valence-corrected chi connectivity index (χ0v) is 10.6. The first-order valence-corrected chi connectivity index (χ1v) is 6.31. The summed E-state index contributed by atoms with van der Waals surface area (Å²) in [5.74, 6) is 0.998. The van der Waals surface area contributed by atoms with Crippen LogP contribution in [0.4, 0.5) is 0 Å². The number of nitrogens with one attached hydrogen (secondary N) is 1. The topological polar surface area (TPSA) is 24.9 Å². The summed E-state index contributed by atoms with van der Waals surface area (Å²) in [6.07, 6.45) is 3.04. The quantitative estimate of drug-likeness (QED) is 0.804. The van der Waals surface area contributed by atoms with Crippen LogP contribution in [0.25, 0.3) is 0 Å². The van der Waals surface area contributed by atoms with Crippen molar-refractivity contribution in [3.63, 3.8) is 0 Å². The van der Waals surface area contributed by atoms with E-state index in [1.54, 1.807) is 0 Å². The molecule has 0 fully saturated rings. The Hall–Kier alpha value is -0.540. The third-order valence-electron chi connectivity index (χ3n) is 2.31. The molecule has 0 unspecified atom stereocenters. The van der Waals surface area contributed by atoms with E-state index < -0.39 is 0 Å². The maximum Gasteiger partial charge on any atom is 0.0502 e. The molecule has 0 saturated carbocycles. The first-order chi connectivity index (χ1) is 7.14. The van der Waals surface area contributed by atoms with Crippen LogP contribution in [0.3, 0.4) is 0 Å². The van der Waals surface area contributed by atoms with Gasteiger partial charge in [-0.3, -0.25) is 4.98 Å². The molecule has 1 aromatic rings. The molecule has 0 aliphatic carbocycles. The van der Waals surface area contributed by atoms with E-state index in [9.17, 15) is 0 Å². The maximum atomic E-state index is 4.33. The molecule has 1 N–H and O–H groups in total. The molecule has 0 atom stereocenters. The number of thioether (sulfide) groups is 1. The fourth-order valence-electron chi connectivity index (χ4n) is 1.25. The largest absolute Gasteiger partial charge is 0.320 e. The summed E-state index contributed by atoms with van der Waals surface area (Å²) in [5, 5.41) is 3.19. The van der Waals surface area contributed by atoms with Gasteiger partial charge in [0.15, 0.2) is 0 Å². The lowest BCUT2D eigenvalue weighted by Crippen LogP contribution is -2.22. The van der Waals surface area contributed by atoms with Crippen molar-refractivity contribution in [2.45, 2.75) is 30.8 Å². The first-order valence-electron chi connectivity index (χ1n) is 5.32. The minimum absolute atomic E-state index is 0.320. The Kier molecular flexibility index (Phi) is 5.12. The highest BCUT2D eigenvalue weighted by atomic mass is 32.2. The Balaban J connectivity index is 2.35. The van der Waals surface area contributed by atoms with E-state index in [0.29, 0.717) is 4.75 Å². The van der Waals surface area contributed by atoms with Crippen LogP contribution in [0.1, 0.15) is 26.0 Å². The molecule has 84 valence electrons. The van der Waals surface area contributed by atoms with E-state index >= 15 is 0 Å². The Labute approximate surface area is 96.9 Å². The molecule has 0 aromatic carbocycles. The smallest absolute Gasteiger partial charge is 0.0502 e. The molecule has 0 saturated heterocycles. The van der Waals surface area contributed by atoms with Crippen LogP contribution in [0, 0.1) is 0 Å². The van der Waals surface area contributed by atoms with E-state index in [-0.39, 0.29) is 0 Å². The number of rotatable bonds is 6. The van der Waals surface area contributed by atoms with Crippen molar-refractivity contribution >= 4 is 11.8 Å². The first kappa shape index (κ1) is 12.5. The number of hydrogen-bond donors (Lipinski definition) is 1. The molecule has 0 amide bonds. The van der Waals surface area contributed by atoms with Crippen LogP contribution in [-0.2, 0) is 5.75 Å². The highest BCUT2D eigenvalue weighted by molar-refractivity contribution is 7.99. The lowest BCUT2D eigenvalue weighted by atomic mass is 10.1. The van der Waals surface area contributed by atoms with E-state index in [4.69, 9.17) is 0 Å². The summed E-state index contributed by atoms with van der Waals surface area (Å²) in [6, 6.07) is 6.09. The minimum atomic E-state index is 0.320. The van der Waals surface area contributed by atoms with Crippen molar-refractivity contribution in [3.05, 3.63) is 30.1 Å². The predicted octanol–water partition coefficient (Wildman–Crippen LogP) is 2.70. The van der Waals surface area contributed by atoms with Gasteiger partial charge in [-0.05, 0) is 32.1 Å². The van der Waals surface area contributed by atoms with Gasteiger partial charge in [0.2, 0.25) is 0 Å². The fourth-order valence-corrected chi connectivity index (χ4v) is 2.21. The molecule has 3 heteroatoms. The van der Waals surface area contributed by atoms with Crippen LogP contribution in [0.2, 0.25) is 0 Å². The fraction of sp³-hybridized carbons (Fsp3) is 0.583. The van der Waals surface area contributed by atoms with Gasteiger partial charge in [0.1, 0.15) is 0 Å². The lowest BCUT2D eigenvalue weighted by molar-refractivity contribution is 0.605. The summed E-state index contributed by atoms with van der Waals surface area (Å²) >= 11 is 1.97. The molecule has 1 heterocycles. The van der Waals surface area contributed by atoms with Crippen LogP contribution >= 0.6 is 11.8 Å². The van der Waals surface area contributed by atoms with Gasteiger partial charge in [-0.15, -0.1) is 11.8 Å². The molecular weight excluding hydrogens is 204 g/mol. The van der Waals surface area contributed by atoms with Gasteiger partial charge in [0.05, 0.1) is 5.69 Å². The Morgan fingerprint density at radius 2 is 2.20 bits per heavy atom. The standard InChI is InChI=1S/C12H20N2S/c1-12(2,7-9-13-3)15-10-11-6-4-5-8-14-11/h4-6,8,13H,7,9-10H2,1-3H3. The van der Waals surface area contributed by atoms with Gasteiger partial charge < -0.3 is 5.32 Å². The van der Waals surface area contributed by atoms with Crippen LogP contribution < -0.4 is 5.32 Å². The van der Waals surface area contributed by atoms with Crippen molar-refractivity contribution in [1.29, 1.82) is 0 Å². The molecule has 15 heavy (non-hydrogen) atoms. The van der Waals surface area contributed by atoms with E-state index in [1.807, 2.05) is 37.1 Å². The molecule has 2 nitrogen and oxygen atoms in total. The molecule has 0 aliphatic rings. The van der Waals surface area contributed by atoms with Crippen LogP contribution in [-0.4, -0.2) is 23.3 Å². The van der Waals surface area contributed by atoms with Crippen molar-refractivity contribution in [2.24, 2.45) is 0 Å². The van der Waals surface area contributed by atoms with Crippen LogP contribution in [0.5, 0.6) is 0 Å². The SMILES string of the molecule is CNCCC(C)(C)SCc1ccccn1. The van der Waals surface area contributed by atoms with Gasteiger partial charge >= 0.3 is 0 Å². The van der Waals surface area contributed by atoms with Crippen molar-refractivity contribution in [3.8, 4) is 0 Å². The Bertz CT molecular complexity index is 272. The highest BCUT2D eigenvalue weighted by Gasteiger charge is 2.17. The van der Waals surface area contributed by atoms with Gasteiger partial charge in [0.25, 0.3) is 0 Å². The summed E-state index contributed by atoms with van der Waals surface area (Å²) in [4.78, 5) is 4.33. The molecule has 0 aliphatic heterocycles. The average molecular weight is 224 g/mol. The molecule has 1 aromatic heterocycles. The minimum Gasteiger partial charge on any atom is -0.320 e. The second kappa shape index (κ2) is 6.13. The van der Waals surface area contributed by atoms with Gasteiger partial charge in [-0.2, -0.15) is 0 Å². The second-order valence-corrected chi connectivity index (χ2v) is 5.91. The Morgan fingerprint density at radius 3 is 2.80 bits per heavy atom. The number of nitrogens with zero attached hydrogens (tertiary/aromatic N) is 1. The molecule has 0 bridgehead atoms. The number of hydrogen-bond acceptors (Lipinski definition) is 3. The third kappa shape index (κ3) is 5.19. The molecule has 0 spiro atoms.